The number of carboxylic acids is 1. The molecule has 25 heavy (non-hydrogen) atoms. The van der Waals surface area contributed by atoms with Crippen molar-refractivity contribution in [1.82, 2.24) is 15.3 Å². The van der Waals surface area contributed by atoms with E-state index in [9.17, 15) is 9.59 Å². The Morgan fingerprint density at radius 3 is 2.68 bits per heavy atom. The van der Waals surface area contributed by atoms with Crippen molar-refractivity contribution in [3.05, 3.63) is 52.9 Å². The maximum Gasteiger partial charge on any atom is 0.407 e. The fourth-order valence-corrected chi connectivity index (χ4v) is 2.04. The molecule has 0 saturated carbocycles. The molecule has 1 amide bonds. The molecule has 1 heterocycles. The van der Waals surface area contributed by atoms with Gasteiger partial charge < -0.3 is 20.5 Å². The highest BCUT2D eigenvalue weighted by Crippen LogP contribution is 2.13. The lowest BCUT2D eigenvalue weighted by Crippen LogP contribution is -2.26. The van der Waals surface area contributed by atoms with Crippen LogP contribution in [-0.4, -0.2) is 40.2 Å². The number of benzene rings is 1. The van der Waals surface area contributed by atoms with Gasteiger partial charge in [0.2, 0.25) is 5.28 Å². The Hall–Kier alpha value is -2.87. The molecule has 0 bridgehead atoms. The molecule has 8 nitrogen and oxygen atoms in total. The Balaban J connectivity index is 1.67. The van der Waals surface area contributed by atoms with Crippen LogP contribution in [0.2, 0.25) is 5.28 Å². The molecule has 0 saturated heterocycles. The van der Waals surface area contributed by atoms with Crippen LogP contribution in [-0.2, 0) is 11.3 Å². The first kappa shape index (κ1) is 18.5. The molecular formula is C16H17ClN4O4. The summed E-state index contributed by atoms with van der Waals surface area (Å²) in [5, 5.41) is 14.5. The number of carbonyl (C=O) groups is 2. The Labute approximate surface area is 149 Å². The number of alkyl carbamates (subject to hydrolysis) is 1. The predicted molar refractivity (Wildman–Crippen MR) is 91.7 cm³/mol. The van der Waals surface area contributed by atoms with Crippen LogP contribution in [0.1, 0.15) is 22.3 Å². The predicted octanol–water partition coefficient (Wildman–Crippen LogP) is 2.56. The van der Waals surface area contributed by atoms with E-state index in [-0.39, 0.29) is 23.3 Å². The third-order valence-electron chi connectivity index (χ3n) is 3.12. The van der Waals surface area contributed by atoms with E-state index in [4.69, 9.17) is 21.4 Å². The summed E-state index contributed by atoms with van der Waals surface area (Å²) in [6.07, 6.45) is 1.17. The van der Waals surface area contributed by atoms with Crippen LogP contribution in [0.3, 0.4) is 0 Å². The van der Waals surface area contributed by atoms with Crippen molar-refractivity contribution in [1.29, 1.82) is 0 Å². The molecule has 9 heteroatoms. The van der Waals surface area contributed by atoms with Gasteiger partial charge in [0.1, 0.15) is 18.0 Å². The SMILES string of the molecule is O=C(NCCCNc1nc(Cl)ncc1C(=O)O)OCc1ccccc1. The topological polar surface area (TPSA) is 113 Å². The van der Waals surface area contributed by atoms with E-state index in [0.29, 0.717) is 19.5 Å². The van der Waals surface area contributed by atoms with Gasteiger partial charge >= 0.3 is 12.1 Å². The van der Waals surface area contributed by atoms with Crippen LogP contribution in [0, 0.1) is 0 Å². The maximum atomic E-state index is 11.6. The zero-order valence-corrected chi connectivity index (χ0v) is 14.0. The molecule has 3 N–H and O–H groups in total. The molecular weight excluding hydrogens is 348 g/mol. The van der Waals surface area contributed by atoms with E-state index in [1.165, 1.54) is 0 Å². The van der Waals surface area contributed by atoms with Crippen LogP contribution in [0.4, 0.5) is 10.6 Å². The summed E-state index contributed by atoms with van der Waals surface area (Å²) in [5.74, 6) is -1.01. The summed E-state index contributed by atoms with van der Waals surface area (Å²) < 4.78 is 5.07. The van der Waals surface area contributed by atoms with Crippen molar-refractivity contribution in [3.63, 3.8) is 0 Å². The number of nitrogens with one attached hydrogen (secondary N) is 2. The number of carbonyl (C=O) groups excluding carboxylic acids is 1. The molecule has 2 rings (SSSR count). The summed E-state index contributed by atoms with van der Waals surface area (Å²) in [4.78, 5) is 30.1. The van der Waals surface area contributed by atoms with Crippen LogP contribution in [0.5, 0.6) is 0 Å². The third kappa shape index (κ3) is 6.27. The van der Waals surface area contributed by atoms with Gasteiger partial charge in [-0.2, -0.15) is 4.98 Å². The van der Waals surface area contributed by atoms with Gasteiger partial charge in [-0.15, -0.1) is 0 Å². The standard InChI is InChI=1S/C16H17ClN4O4/c17-15-20-9-12(14(22)23)13(21-15)18-7-4-8-19-16(24)25-10-11-5-2-1-3-6-11/h1-3,5-6,9H,4,7-8,10H2,(H,19,24)(H,22,23)(H,18,20,21). The van der Waals surface area contributed by atoms with Gasteiger partial charge in [-0.05, 0) is 23.6 Å². The van der Waals surface area contributed by atoms with Gasteiger partial charge in [0.05, 0.1) is 0 Å². The number of hydrogen-bond acceptors (Lipinski definition) is 6. The zero-order chi connectivity index (χ0) is 18.1. The van der Waals surface area contributed by atoms with Gasteiger partial charge in [-0.3, -0.25) is 0 Å². The average molecular weight is 365 g/mol. The minimum absolute atomic E-state index is 0.0462. The van der Waals surface area contributed by atoms with Gasteiger partial charge in [-0.1, -0.05) is 30.3 Å². The first-order valence-corrected chi connectivity index (χ1v) is 7.88. The lowest BCUT2D eigenvalue weighted by molar-refractivity contribution is 0.0697. The Morgan fingerprint density at radius 2 is 1.96 bits per heavy atom. The number of ether oxygens (including phenoxy) is 1. The highest BCUT2D eigenvalue weighted by atomic mass is 35.5. The van der Waals surface area contributed by atoms with Crippen LogP contribution in [0.25, 0.3) is 0 Å². The molecule has 0 aliphatic heterocycles. The number of rotatable bonds is 8. The molecule has 1 aromatic carbocycles. The summed E-state index contributed by atoms with van der Waals surface area (Å²) >= 11 is 5.66. The number of amides is 1. The van der Waals surface area contributed by atoms with Crippen LogP contribution < -0.4 is 10.6 Å². The molecule has 0 radical (unpaired) electrons. The number of anilines is 1. The minimum atomic E-state index is -1.15. The van der Waals surface area contributed by atoms with E-state index < -0.39 is 12.1 Å². The Kier molecular flexibility index (Phi) is 6.97. The monoisotopic (exact) mass is 364 g/mol. The van der Waals surface area contributed by atoms with Crippen molar-refractivity contribution in [2.45, 2.75) is 13.0 Å². The van der Waals surface area contributed by atoms with Gasteiger partial charge in [0, 0.05) is 19.3 Å². The fourth-order valence-electron chi connectivity index (χ4n) is 1.91. The molecule has 132 valence electrons. The van der Waals surface area contributed by atoms with Crippen molar-refractivity contribution in [3.8, 4) is 0 Å². The number of aromatic carboxylic acids is 1. The summed E-state index contributed by atoms with van der Waals surface area (Å²) in [7, 11) is 0. The quantitative estimate of drug-likeness (QED) is 0.487. The van der Waals surface area contributed by atoms with Crippen molar-refractivity contribution < 1.29 is 19.4 Å². The Bertz CT molecular complexity index is 727. The molecule has 1 aromatic heterocycles. The van der Waals surface area contributed by atoms with E-state index in [0.717, 1.165) is 11.8 Å². The lowest BCUT2D eigenvalue weighted by atomic mass is 10.2. The molecule has 0 aliphatic carbocycles. The summed E-state index contributed by atoms with van der Waals surface area (Å²) in [6.45, 7) is 0.959. The molecule has 0 atom stereocenters. The number of hydrogen-bond donors (Lipinski definition) is 3. The molecule has 0 fully saturated rings. The van der Waals surface area contributed by atoms with Crippen LogP contribution >= 0.6 is 11.6 Å². The highest BCUT2D eigenvalue weighted by Gasteiger charge is 2.12. The molecule has 0 aliphatic rings. The number of aromatic nitrogens is 2. The van der Waals surface area contributed by atoms with E-state index >= 15 is 0 Å². The summed E-state index contributed by atoms with van der Waals surface area (Å²) in [6, 6.07) is 9.35. The summed E-state index contributed by atoms with van der Waals surface area (Å²) in [5.41, 5.74) is 0.834. The zero-order valence-electron chi connectivity index (χ0n) is 13.2. The maximum absolute atomic E-state index is 11.6. The second kappa shape index (κ2) is 9.43. The molecule has 2 aromatic rings. The van der Waals surface area contributed by atoms with Crippen molar-refractivity contribution >= 4 is 29.5 Å². The van der Waals surface area contributed by atoms with Crippen molar-refractivity contribution in [2.75, 3.05) is 18.4 Å². The first-order valence-electron chi connectivity index (χ1n) is 7.50. The molecule has 0 spiro atoms. The van der Waals surface area contributed by atoms with Crippen LogP contribution in [0.15, 0.2) is 36.5 Å². The van der Waals surface area contributed by atoms with Gasteiger partial charge in [0.25, 0.3) is 0 Å². The highest BCUT2D eigenvalue weighted by molar-refractivity contribution is 6.28. The van der Waals surface area contributed by atoms with E-state index in [1.807, 2.05) is 30.3 Å². The second-order valence-electron chi connectivity index (χ2n) is 4.98. The number of carboxylic acid groups (broad SMARTS) is 1. The van der Waals surface area contributed by atoms with Gasteiger partial charge in [0.15, 0.2) is 0 Å². The lowest BCUT2D eigenvalue weighted by Gasteiger charge is -2.09. The van der Waals surface area contributed by atoms with Gasteiger partial charge in [-0.25, -0.2) is 14.6 Å². The largest absolute Gasteiger partial charge is 0.477 e. The third-order valence-corrected chi connectivity index (χ3v) is 3.30. The smallest absolute Gasteiger partial charge is 0.407 e. The minimum Gasteiger partial charge on any atom is -0.477 e. The second-order valence-corrected chi connectivity index (χ2v) is 5.31. The number of halogens is 1. The Morgan fingerprint density at radius 1 is 1.20 bits per heavy atom. The first-order chi connectivity index (χ1) is 12.1. The average Bonchev–Trinajstić information content (AvgIpc) is 2.60. The van der Waals surface area contributed by atoms with E-state index in [1.54, 1.807) is 0 Å². The fraction of sp³-hybridized carbons (Fsp3) is 0.250. The van der Waals surface area contributed by atoms with E-state index in [2.05, 4.69) is 20.6 Å². The van der Waals surface area contributed by atoms with Crippen molar-refractivity contribution in [2.24, 2.45) is 0 Å². The normalized spacial score (nSPS) is 10.1. The number of nitrogens with zero attached hydrogens (tertiary/aromatic N) is 2. The molecule has 0 unspecified atom stereocenters.